The van der Waals surface area contributed by atoms with Crippen LogP contribution in [0.2, 0.25) is 0 Å². The molecule has 0 aliphatic heterocycles. The van der Waals surface area contributed by atoms with Crippen molar-refractivity contribution in [2.45, 2.75) is 25.3 Å². The smallest absolute Gasteiger partial charge is 0.326 e. The van der Waals surface area contributed by atoms with Crippen LogP contribution in [0.3, 0.4) is 0 Å². The summed E-state index contributed by atoms with van der Waals surface area (Å²) in [5, 5.41) is 17.2. The Morgan fingerprint density at radius 1 is 1.21 bits per heavy atom. The van der Waals surface area contributed by atoms with Crippen molar-refractivity contribution in [3.63, 3.8) is 0 Å². The Bertz CT molecular complexity index is 1620. The van der Waals surface area contributed by atoms with Gasteiger partial charge in [0.15, 0.2) is 11.1 Å². The fraction of sp³-hybridized carbons (Fsp3) is 0.167. The number of hydrogen-bond acceptors (Lipinski definition) is 6. The van der Waals surface area contributed by atoms with Crippen LogP contribution in [0.25, 0.3) is 22.2 Å². The SMILES string of the molecule is O=c1[nH]c(O)c(C=c2cnn3c(=NC4CC4)cc(Cc4ccc(-c5cccs5)cc4)nc23)[nH]1. The quantitative estimate of drug-likeness (QED) is 0.377. The van der Waals surface area contributed by atoms with Gasteiger partial charge in [-0.2, -0.15) is 9.61 Å². The number of fused-ring (bicyclic) bond motifs is 1. The maximum Gasteiger partial charge on any atom is 0.326 e. The van der Waals surface area contributed by atoms with Gasteiger partial charge < -0.3 is 10.1 Å². The van der Waals surface area contributed by atoms with Crippen molar-refractivity contribution < 1.29 is 5.11 Å². The molecule has 8 nitrogen and oxygen atoms in total. The highest BCUT2D eigenvalue weighted by Crippen LogP contribution is 2.25. The molecule has 0 amide bonds. The Balaban J connectivity index is 1.43. The average molecular weight is 457 g/mol. The number of hydrogen-bond donors (Lipinski definition) is 3. The maximum absolute atomic E-state index is 11.5. The van der Waals surface area contributed by atoms with Gasteiger partial charge in [-0.15, -0.1) is 11.3 Å². The Morgan fingerprint density at radius 3 is 2.76 bits per heavy atom. The molecule has 1 aliphatic carbocycles. The molecule has 6 rings (SSSR count). The van der Waals surface area contributed by atoms with E-state index in [1.165, 1.54) is 10.4 Å². The van der Waals surface area contributed by atoms with Crippen molar-refractivity contribution >= 4 is 23.1 Å². The molecule has 0 radical (unpaired) electrons. The highest BCUT2D eigenvalue weighted by atomic mass is 32.1. The van der Waals surface area contributed by atoms with Gasteiger partial charge >= 0.3 is 5.69 Å². The van der Waals surface area contributed by atoms with Gasteiger partial charge in [0, 0.05) is 22.6 Å². The Labute approximate surface area is 191 Å². The number of H-pyrrole nitrogens is 2. The lowest BCUT2D eigenvalue weighted by Gasteiger charge is -2.05. The number of thiophene rings is 1. The van der Waals surface area contributed by atoms with Crippen molar-refractivity contribution in [2.24, 2.45) is 4.99 Å². The molecule has 33 heavy (non-hydrogen) atoms. The molecule has 9 heteroatoms. The normalized spacial score (nSPS) is 15.0. The van der Waals surface area contributed by atoms with Crippen LogP contribution in [0.1, 0.15) is 29.8 Å². The van der Waals surface area contributed by atoms with E-state index in [4.69, 9.17) is 9.98 Å². The summed E-state index contributed by atoms with van der Waals surface area (Å²) in [5.41, 5.74) is 4.44. The zero-order valence-corrected chi connectivity index (χ0v) is 18.3. The number of aromatic nitrogens is 5. The lowest BCUT2D eigenvalue weighted by atomic mass is 10.1. The molecule has 1 aliphatic rings. The molecule has 0 atom stereocenters. The number of imidazole rings is 1. The second-order valence-corrected chi connectivity index (χ2v) is 9.09. The summed E-state index contributed by atoms with van der Waals surface area (Å²) in [7, 11) is 0. The standard InChI is InChI=1S/C24H20N6O2S/c31-23-19(28-24(32)29-23)11-16-13-25-30-21(26-17-7-8-17)12-18(27-22(16)30)10-14-3-5-15(6-4-14)20-2-1-9-33-20/h1-6,9,11-13,17,31H,7-8,10H2,(H2,28,29,32). The molecule has 0 saturated heterocycles. The van der Waals surface area contributed by atoms with E-state index < -0.39 is 5.69 Å². The molecule has 0 spiro atoms. The van der Waals surface area contributed by atoms with Crippen LogP contribution in [0.4, 0.5) is 0 Å². The first-order valence-electron chi connectivity index (χ1n) is 10.7. The van der Waals surface area contributed by atoms with Crippen LogP contribution >= 0.6 is 11.3 Å². The number of nitrogens with one attached hydrogen (secondary N) is 2. The minimum absolute atomic E-state index is 0.218. The highest BCUT2D eigenvalue weighted by molar-refractivity contribution is 7.13. The predicted molar refractivity (Wildman–Crippen MR) is 126 cm³/mol. The minimum atomic E-state index is -0.473. The number of aromatic amines is 2. The molecular formula is C24H20N6O2S. The number of rotatable bonds is 5. The molecule has 1 aromatic carbocycles. The highest BCUT2D eigenvalue weighted by Gasteiger charge is 2.20. The van der Waals surface area contributed by atoms with Crippen LogP contribution in [-0.2, 0) is 6.42 Å². The van der Waals surface area contributed by atoms with E-state index in [-0.39, 0.29) is 11.6 Å². The Morgan fingerprint density at radius 2 is 2.06 bits per heavy atom. The predicted octanol–water partition coefficient (Wildman–Crippen LogP) is 2.38. The molecule has 5 aromatic rings. The number of aromatic hydroxyl groups is 1. The van der Waals surface area contributed by atoms with Gasteiger partial charge in [0.2, 0.25) is 5.88 Å². The van der Waals surface area contributed by atoms with Gasteiger partial charge in [0.05, 0.1) is 17.9 Å². The van der Waals surface area contributed by atoms with E-state index in [9.17, 15) is 9.90 Å². The second-order valence-electron chi connectivity index (χ2n) is 8.14. The summed E-state index contributed by atoms with van der Waals surface area (Å²) in [5.74, 6) is -0.218. The maximum atomic E-state index is 11.5. The first kappa shape index (κ1) is 19.7. The topological polar surface area (TPSA) is 111 Å². The van der Waals surface area contributed by atoms with Gasteiger partial charge in [-0.1, -0.05) is 30.3 Å². The molecule has 0 bridgehead atoms. The molecule has 164 valence electrons. The molecule has 3 N–H and O–H groups in total. The Hall–Kier alpha value is -3.98. The lowest BCUT2D eigenvalue weighted by Crippen LogP contribution is -2.20. The van der Waals surface area contributed by atoms with E-state index in [0.717, 1.165) is 29.6 Å². The number of benzene rings is 1. The van der Waals surface area contributed by atoms with Gasteiger partial charge in [0.25, 0.3) is 0 Å². The van der Waals surface area contributed by atoms with E-state index in [1.54, 1.807) is 28.1 Å². The van der Waals surface area contributed by atoms with E-state index >= 15 is 0 Å². The fourth-order valence-electron chi connectivity index (χ4n) is 3.77. The first-order valence-corrected chi connectivity index (χ1v) is 11.6. The summed E-state index contributed by atoms with van der Waals surface area (Å²) in [6.07, 6.45) is 6.15. The molecular weight excluding hydrogens is 436 g/mol. The van der Waals surface area contributed by atoms with Crippen LogP contribution in [0, 0.1) is 0 Å². The summed E-state index contributed by atoms with van der Waals surface area (Å²) in [6.45, 7) is 0. The monoisotopic (exact) mass is 456 g/mol. The molecule has 1 saturated carbocycles. The zero-order chi connectivity index (χ0) is 22.4. The largest absolute Gasteiger partial charge is 0.493 e. The van der Waals surface area contributed by atoms with E-state index in [0.29, 0.717) is 23.3 Å². The minimum Gasteiger partial charge on any atom is -0.493 e. The van der Waals surface area contributed by atoms with E-state index in [1.807, 2.05) is 6.07 Å². The van der Waals surface area contributed by atoms with Crippen molar-refractivity contribution in [3.05, 3.63) is 92.2 Å². The summed E-state index contributed by atoms with van der Waals surface area (Å²) < 4.78 is 1.72. The average Bonchev–Trinajstić information content (AvgIpc) is 3.17. The summed E-state index contributed by atoms with van der Waals surface area (Å²) in [4.78, 5) is 27.3. The second kappa shape index (κ2) is 7.86. The molecule has 0 unspecified atom stereocenters. The van der Waals surface area contributed by atoms with Crippen LogP contribution < -0.4 is 16.4 Å². The van der Waals surface area contributed by atoms with Gasteiger partial charge in [-0.25, -0.2) is 9.78 Å². The lowest BCUT2D eigenvalue weighted by molar-refractivity contribution is 0.454. The zero-order valence-electron chi connectivity index (χ0n) is 17.5. The van der Waals surface area contributed by atoms with Crippen LogP contribution in [0.15, 0.2) is 63.8 Å². The van der Waals surface area contributed by atoms with Crippen molar-refractivity contribution in [2.75, 3.05) is 0 Å². The van der Waals surface area contributed by atoms with Crippen molar-refractivity contribution in [1.82, 2.24) is 24.6 Å². The van der Waals surface area contributed by atoms with Crippen LogP contribution in [-0.4, -0.2) is 35.7 Å². The third-order valence-corrected chi connectivity index (χ3v) is 6.49. The van der Waals surface area contributed by atoms with Gasteiger partial charge in [-0.3, -0.25) is 9.98 Å². The van der Waals surface area contributed by atoms with Crippen molar-refractivity contribution in [1.29, 1.82) is 0 Å². The molecule has 4 aromatic heterocycles. The summed E-state index contributed by atoms with van der Waals surface area (Å²) in [6, 6.07) is 15.0. The van der Waals surface area contributed by atoms with E-state index in [2.05, 4.69) is 56.8 Å². The van der Waals surface area contributed by atoms with Gasteiger partial charge in [0.1, 0.15) is 5.69 Å². The third kappa shape index (κ3) is 3.98. The molecule has 4 heterocycles. The fourth-order valence-corrected chi connectivity index (χ4v) is 4.51. The third-order valence-electron chi connectivity index (χ3n) is 5.58. The first-order chi connectivity index (χ1) is 16.1. The number of nitrogens with zero attached hydrogens (tertiary/aromatic N) is 4. The van der Waals surface area contributed by atoms with Crippen molar-refractivity contribution in [3.8, 4) is 16.3 Å². The van der Waals surface area contributed by atoms with Gasteiger partial charge in [-0.05, 0) is 41.5 Å². The van der Waals surface area contributed by atoms with Crippen LogP contribution in [0.5, 0.6) is 5.88 Å². The summed E-state index contributed by atoms with van der Waals surface area (Å²) >= 11 is 1.73. The molecule has 1 fully saturated rings. The Kier molecular flexibility index (Phi) is 4.69.